The summed E-state index contributed by atoms with van der Waals surface area (Å²) in [5.74, 6) is -0.0151. The van der Waals surface area contributed by atoms with Crippen molar-refractivity contribution in [3.05, 3.63) is 46.8 Å². The van der Waals surface area contributed by atoms with Crippen LogP contribution < -0.4 is 10.1 Å². The molecule has 1 aromatic carbocycles. The van der Waals surface area contributed by atoms with E-state index in [1.165, 1.54) is 13.2 Å². The fourth-order valence-electron chi connectivity index (χ4n) is 1.77. The number of nitrogens with one attached hydrogen (secondary N) is 1. The Morgan fingerprint density at radius 3 is 2.86 bits per heavy atom. The van der Waals surface area contributed by atoms with Gasteiger partial charge in [-0.3, -0.25) is 9.48 Å². The number of amides is 1. The molecule has 112 valence electrons. The Balaban J connectivity index is 2.18. The van der Waals surface area contributed by atoms with Gasteiger partial charge in [-0.2, -0.15) is 10.4 Å². The van der Waals surface area contributed by atoms with Gasteiger partial charge < -0.3 is 10.1 Å². The van der Waals surface area contributed by atoms with Crippen molar-refractivity contribution in [2.75, 3.05) is 12.4 Å². The first-order valence-electron chi connectivity index (χ1n) is 6.29. The van der Waals surface area contributed by atoms with E-state index < -0.39 is 5.91 Å². The van der Waals surface area contributed by atoms with E-state index >= 15 is 0 Å². The van der Waals surface area contributed by atoms with Crippen molar-refractivity contribution >= 4 is 29.3 Å². The topological polar surface area (TPSA) is 79.9 Å². The average Bonchev–Trinajstić information content (AvgIpc) is 2.90. The van der Waals surface area contributed by atoms with Crippen LogP contribution in [0.15, 0.2) is 36.2 Å². The van der Waals surface area contributed by atoms with E-state index in [1.807, 2.05) is 6.07 Å². The molecular formula is C15H13ClN4O2. The summed E-state index contributed by atoms with van der Waals surface area (Å²) in [6, 6.07) is 6.70. The second-order valence-electron chi connectivity index (χ2n) is 4.42. The molecule has 0 atom stereocenters. The largest absolute Gasteiger partial charge is 0.495 e. The summed E-state index contributed by atoms with van der Waals surface area (Å²) in [5.41, 5.74) is 1.12. The van der Waals surface area contributed by atoms with Gasteiger partial charge in [0.15, 0.2) is 0 Å². The van der Waals surface area contributed by atoms with Gasteiger partial charge in [-0.05, 0) is 24.3 Å². The maximum atomic E-state index is 12.1. The number of carbonyl (C=O) groups excluding carboxylic acids is 1. The van der Waals surface area contributed by atoms with Crippen LogP contribution in [0.25, 0.3) is 6.08 Å². The summed E-state index contributed by atoms with van der Waals surface area (Å²) >= 11 is 5.99. The molecule has 6 nitrogen and oxygen atoms in total. The van der Waals surface area contributed by atoms with E-state index in [0.29, 0.717) is 22.0 Å². The summed E-state index contributed by atoms with van der Waals surface area (Å²) in [4.78, 5) is 12.1. The van der Waals surface area contributed by atoms with Crippen molar-refractivity contribution in [2.24, 2.45) is 7.05 Å². The van der Waals surface area contributed by atoms with Crippen molar-refractivity contribution in [3.8, 4) is 11.8 Å². The predicted molar refractivity (Wildman–Crippen MR) is 83.4 cm³/mol. The maximum absolute atomic E-state index is 12.1. The Bertz CT molecular complexity index is 774. The molecule has 1 amide bonds. The van der Waals surface area contributed by atoms with Gasteiger partial charge in [0, 0.05) is 24.5 Å². The molecule has 1 aromatic heterocycles. The number of carbonyl (C=O) groups is 1. The number of anilines is 1. The number of aromatic nitrogens is 2. The van der Waals surface area contributed by atoms with Crippen LogP contribution in [0.3, 0.4) is 0 Å². The highest BCUT2D eigenvalue weighted by molar-refractivity contribution is 6.32. The third-order valence-corrected chi connectivity index (χ3v) is 3.11. The molecule has 0 aliphatic rings. The van der Waals surface area contributed by atoms with E-state index in [1.54, 1.807) is 42.3 Å². The van der Waals surface area contributed by atoms with Crippen LogP contribution in [-0.2, 0) is 11.8 Å². The zero-order valence-corrected chi connectivity index (χ0v) is 12.8. The number of nitriles is 1. The molecule has 7 heteroatoms. The molecule has 1 heterocycles. The lowest BCUT2D eigenvalue weighted by Gasteiger charge is -2.07. The van der Waals surface area contributed by atoms with Gasteiger partial charge >= 0.3 is 0 Å². The van der Waals surface area contributed by atoms with Crippen molar-refractivity contribution in [1.29, 1.82) is 5.26 Å². The average molecular weight is 317 g/mol. The minimum absolute atomic E-state index is 0.0278. The summed E-state index contributed by atoms with van der Waals surface area (Å²) < 4.78 is 6.62. The van der Waals surface area contributed by atoms with Crippen LogP contribution in [0.2, 0.25) is 5.02 Å². The Morgan fingerprint density at radius 1 is 1.55 bits per heavy atom. The van der Waals surface area contributed by atoms with Gasteiger partial charge in [0.1, 0.15) is 17.4 Å². The molecule has 0 aliphatic heterocycles. The van der Waals surface area contributed by atoms with Crippen LogP contribution in [-0.4, -0.2) is 22.8 Å². The number of nitrogens with zero attached hydrogens (tertiary/aromatic N) is 3. The van der Waals surface area contributed by atoms with Crippen molar-refractivity contribution in [3.63, 3.8) is 0 Å². The third-order valence-electron chi connectivity index (χ3n) is 2.81. The zero-order valence-electron chi connectivity index (χ0n) is 12.0. The first-order valence-corrected chi connectivity index (χ1v) is 6.66. The minimum Gasteiger partial charge on any atom is -0.495 e. The summed E-state index contributed by atoms with van der Waals surface area (Å²) in [6.07, 6.45) is 4.73. The summed E-state index contributed by atoms with van der Waals surface area (Å²) in [6.45, 7) is 0. The molecule has 2 rings (SSSR count). The summed E-state index contributed by atoms with van der Waals surface area (Å²) in [5, 5.41) is 16.1. The molecule has 0 saturated heterocycles. The fourth-order valence-corrected chi connectivity index (χ4v) is 2.03. The van der Waals surface area contributed by atoms with Gasteiger partial charge in [-0.15, -0.1) is 0 Å². The second kappa shape index (κ2) is 6.78. The maximum Gasteiger partial charge on any atom is 0.266 e. The number of ether oxygens (including phenoxy) is 1. The molecule has 0 saturated carbocycles. The van der Waals surface area contributed by atoms with Crippen LogP contribution >= 0.6 is 11.6 Å². The number of hydrogen-bond acceptors (Lipinski definition) is 4. The quantitative estimate of drug-likeness (QED) is 0.694. The molecule has 22 heavy (non-hydrogen) atoms. The molecule has 2 aromatic rings. The minimum atomic E-state index is -0.521. The Kier molecular flexibility index (Phi) is 4.81. The highest BCUT2D eigenvalue weighted by Crippen LogP contribution is 2.27. The zero-order chi connectivity index (χ0) is 16.1. The molecule has 0 spiro atoms. The monoisotopic (exact) mass is 316 g/mol. The smallest absolute Gasteiger partial charge is 0.266 e. The predicted octanol–water partition coefficient (Wildman–Crippen LogP) is 2.63. The SMILES string of the molecule is COc1ccc(NC(=O)/C(C#N)=C/c2cnn(C)c2)cc1Cl. The first-order chi connectivity index (χ1) is 10.5. The van der Waals surface area contributed by atoms with Crippen molar-refractivity contribution < 1.29 is 9.53 Å². The second-order valence-corrected chi connectivity index (χ2v) is 4.83. The number of halogens is 1. The molecule has 0 aliphatic carbocycles. The van der Waals surface area contributed by atoms with Crippen molar-refractivity contribution in [2.45, 2.75) is 0 Å². The number of aryl methyl sites for hydroxylation is 1. The van der Waals surface area contributed by atoms with E-state index in [0.717, 1.165) is 0 Å². The Labute approximate surface area is 132 Å². The standard InChI is InChI=1S/C15H13ClN4O2/c1-20-9-10(8-18-20)5-11(7-17)15(21)19-12-3-4-14(22-2)13(16)6-12/h3-6,8-9H,1-2H3,(H,19,21)/b11-5+. The van der Waals surface area contributed by atoms with Crippen LogP contribution in [0.5, 0.6) is 5.75 Å². The first kappa shape index (κ1) is 15.6. The lowest BCUT2D eigenvalue weighted by molar-refractivity contribution is -0.112. The normalized spacial score (nSPS) is 10.9. The van der Waals surface area contributed by atoms with Crippen LogP contribution in [0.1, 0.15) is 5.56 Å². The van der Waals surface area contributed by atoms with E-state index in [-0.39, 0.29) is 5.57 Å². The highest BCUT2D eigenvalue weighted by Gasteiger charge is 2.11. The van der Waals surface area contributed by atoms with Gasteiger partial charge in [-0.1, -0.05) is 11.6 Å². The van der Waals surface area contributed by atoms with Gasteiger partial charge in [0.25, 0.3) is 5.91 Å². The van der Waals surface area contributed by atoms with Crippen molar-refractivity contribution in [1.82, 2.24) is 9.78 Å². The molecule has 0 bridgehead atoms. The molecule has 0 fully saturated rings. The number of benzene rings is 1. The van der Waals surface area contributed by atoms with E-state index in [4.69, 9.17) is 21.6 Å². The fraction of sp³-hybridized carbons (Fsp3) is 0.133. The van der Waals surface area contributed by atoms with E-state index in [2.05, 4.69) is 10.4 Å². The molecule has 0 radical (unpaired) electrons. The van der Waals surface area contributed by atoms with E-state index in [9.17, 15) is 4.79 Å². The van der Waals surface area contributed by atoms with Gasteiger partial charge in [0.2, 0.25) is 0 Å². The van der Waals surface area contributed by atoms with Crippen LogP contribution in [0, 0.1) is 11.3 Å². The number of methoxy groups -OCH3 is 1. The molecule has 1 N–H and O–H groups in total. The number of hydrogen-bond donors (Lipinski definition) is 1. The highest BCUT2D eigenvalue weighted by atomic mass is 35.5. The lowest BCUT2D eigenvalue weighted by atomic mass is 10.2. The Hall–Kier alpha value is -2.78. The third kappa shape index (κ3) is 3.65. The van der Waals surface area contributed by atoms with Gasteiger partial charge in [-0.25, -0.2) is 0 Å². The molecule has 0 unspecified atom stereocenters. The number of rotatable bonds is 4. The summed E-state index contributed by atoms with van der Waals surface area (Å²) in [7, 11) is 3.26. The molecular weight excluding hydrogens is 304 g/mol. The van der Waals surface area contributed by atoms with Crippen LogP contribution in [0.4, 0.5) is 5.69 Å². The van der Waals surface area contributed by atoms with Gasteiger partial charge in [0.05, 0.1) is 18.3 Å². The lowest BCUT2D eigenvalue weighted by Crippen LogP contribution is -2.13. The Morgan fingerprint density at radius 2 is 2.32 bits per heavy atom.